The number of fused-ring (bicyclic) bond motifs is 1. The van der Waals surface area contributed by atoms with Gasteiger partial charge in [-0.3, -0.25) is 4.99 Å². The number of thioether (sulfide) groups is 1. The number of nitrogens with zero attached hydrogens (tertiary/aromatic N) is 2. The minimum Gasteiger partial charge on any atom is -0.360 e. The Morgan fingerprint density at radius 2 is 2.04 bits per heavy atom. The highest BCUT2D eigenvalue weighted by Gasteiger charge is 2.15. The average molecular weight is 352 g/mol. The Morgan fingerprint density at radius 1 is 1.26 bits per heavy atom. The summed E-state index contributed by atoms with van der Waals surface area (Å²) < 4.78 is 1.40. The second kappa shape index (κ2) is 8.40. The number of guanidine groups is 1. The van der Waals surface area contributed by atoms with E-state index in [1.807, 2.05) is 30.0 Å². The largest absolute Gasteiger partial charge is 0.360 e. The van der Waals surface area contributed by atoms with E-state index in [2.05, 4.69) is 52.1 Å². The first-order valence-electron chi connectivity index (χ1n) is 7.63. The molecule has 0 atom stereocenters. The average Bonchev–Trinajstić information content (AvgIpc) is 2.97. The molecule has 0 fully saturated rings. The van der Waals surface area contributed by atoms with Crippen molar-refractivity contribution in [1.29, 1.82) is 0 Å². The number of anilines is 1. The molecule has 3 N–H and O–H groups in total. The van der Waals surface area contributed by atoms with Crippen LogP contribution in [-0.4, -0.2) is 48.6 Å². The maximum Gasteiger partial charge on any atom is 0.191 e. The normalized spacial score (nSPS) is 12.4. The summed E-state index contributed by atoms with van der Waals surface area (Å²) in [5.74, 6) is 0.832. The molecule has 0 unspecified atom stereocenters. The molecule has 1 heterocycles. The third-order valence-electron chi connectivity index (χ3n) is 3.45. The number of para-hydroxylation sites is 1. The summed E-state index contributed by atoms with van der Waals surface area (Å²) >= 11 is 3.52. The Bertz CT molecular complexity index is 618. The molecule has 1 aromatic heterocycles. The fraction of sp³-hybridized carbons (Fsp3) is 0.500. The van der Waals surface area contributed by atoms with Crippen molar-refractivity contribution in [3.63, 3.8) is 0 Å². The van der Waals surface area contributed by atoms with E-state index in [1.54, 1.807) is 18.4 Å². The maximum atomic E-state index is 4.56. The Balaban J connectivity index is 1.73. The predicted octanol–water partition coefficient (Wildman–Crippen LogP) is 3.01. The number of nitrogens with one attached hydrogen (secondary N) is 3. The van der Waals surface area contributed by atoms with Crippen molar-refractivity contribution in [3.8, 4) is 0 Å². The van der Waals surface area contributed by atoms with Gasteiger partial charge in [0.05, 0.1) is 10.2 Å². The van der Waals surface area contributed by atoms with Gasteiger partial charge in [-0.25, -0.2) is 4.98 Å². The smallest absolute Gasteiger partial charge is 0.191 e. The highest BCUT2D eigenvalue weighted by Crippen LogP contribution is 2.24. The Kier molecular flexibility index (Phi) is 6.53. The number of aromatic nitrogens is 1. The molecule has 0 aliphatic rings. The Hall–Kier alpha value is -1.47. The van der Waals surface area contributed by atoms with E-state index in [-0.39, 0.29) is 4.75 Å². The van der Waals surface area contributed by atoms with E-state index in [1.165, 1.54) is 4.70 Å². The van der Waals surface area contributed by atoms with E-state index in [0.29, 0.717) is 0 Å². The highest BCUT2D eigenvalue weighted by molar-refractivity contribution is 7.99. The Morgan fingerprint density at radius 3 is 2.74 bits per heavy atom. The van der Waals surface area contributed by atoms with Gasteiger partial charge in [0.15, 0.2) is 11.1 Å². The molecule has 2 aromatic rings. The summed E-state index contributed by atoms with van der Waals surface area (Å²) in [6.07, 6.45) is 2.12. The lowest BCUT2D eigenvalue weighted by Crippen LogP contribution is -2.44. The zero-order valence-corrected chi connectivity index (χ0v) is 15.8. The van der Waals surface area contributed by atoms with Crippen molar-refractivity contribution in [3.05, 3.63) is 24.3 Å². The fourth-order valence-electron chi connectivity index (χ4n) is 1.89. The van der Waals surface area contributed by atoms with Crippen molar-refractivity contribution in [2.75, 3.05) is 38.3 Å². The van der Waals surface area contributed by atoms with Gasteiger partial charge >= 0.3 is 0 Å². The van der Waals surface area contributed by atoms with Crippen LogP contribution in [0.15, 0.2) is 29.3 Å². The molecule has 126 valence electrons. The van der Waals surface area contributed by atoms with E-state index in [9.17, 15) is 0 Å². The number of thiazole rings is 1. The lowest BCUT2D eigenvalue weighted by molar-refractivity contribution is 0.665. The molecule has 0 amide bonds. The van der Waals surface area contributed by atoms with Crippen LogP contribution < -0.4 is 16.0 Å². The predicted molar refractivity (Wildman–Crippen MR) is 105 cm³/mol. The summed E-state index contributed by atoms with van der Waals surface area (Å²) in [6, 6.07) is 8.18. The van der Waals surface area contributed by atoms with Gasteiger partial charge in [-0.2, -0.15) is 11.8 Å². The summed E-state index contributed by atoms with van der Waals surface area (Å²) in [7, 11) is 1.79. The zero-order valence-electron chi connectivity index (χ0n) is 14.1. The van der Waals surface area contributed by atoms with Crippen LogP contribution >= 0.6 is 23.1 Å². The van der Waals surface area contributed by atoms with E-state index < -0.39 is 0 Å². The second-order valence-corrected chi connectivity index (χ2v) is 8.27. The molecular weight excluding hydrogens is 326 g/mol. The van der Waals surface area contributed by atoms with Crippen molar-refractivity contribution >= 4 is 44.4 Å². The first-order chi connectivity index (χ1) is 11.0. The van der Waals surface area contributed by atoms with Crippen LogP contribution in [0.3, 0.4) is 0 Å². The van der Waals surface area contributed by atoms with Gasteiger partial charge in [-0.05, 0) is 32.2 Å². The number of aliphatic imine (C=N–C) groups is 1. The van der Waals surface area contributed by atoms with Crippen LogP contribution in [0.4, 0.5) is 5.13 Å². The minimum atomic E-state index is 0.191. The van der Waals surface area contributed by atoms with Crippen LogP contribution in [0, 0.1) is 0 Å². The van der Waals surface area contributed by atoms with Crippen LogP contribution in [0.2, 0.25) is 0 Å². The molecule has 2 rings (SSSR count). The van der Waals surface area contributed by atoms with Crippen molar-refractivity contribution in [2.45, 2.75) is 18.6 Å². The monoisotopic (exact) mass is 351 g/mol. The topological polar surface area (TPSA) is 61.3 Å². The van der Waals surface area contributed by atoms with Gasteiger partial charge in [-0.15, -0.1) is 0 Å². The lowest BCUT2D eigenvalue weighted by Gasteiger charge is -2.23. The van der Waals surface area contributed by atoms with Crippen LogP contribution in [-0.2, 0) is 0 Å². The van der Waals surface area contributed by atoms with Gasteiger partial charge in [0, 0.05) is 31.4 Å². The van der Waals surface area contributed by atoms with Crippen LogP contribution in [0.5, 0.6) is 0 Å². The minimum absolute atomic E-state index is 0.191. The van der Waals surface area contributed by atoms with Crippen LogP contribution in [0.25, 0.3) is 10.2 Å². The first kappa shape index (κ1) is 17.9. The molecule has 0 bridgehead atoms. The first-order valence-corrected chi connectivity index (χ1v) is 9.67. The summed E-state index contributed by atoms with van der Waals surface area (Å²) in [5, 5.41) is 11.0. The summed E-state index contributed by atoms with van der Waals surface area (Å²) in [6.45, 7) is 6.89. The summed E-state index contributed by atoms with van der Waals surface area (Å²) in [4.78, 5) is 8.81. The van der Waals surface area contributed by atoms with Crippen molar-refractivity contribution in [2.24, 2.45) is 4.99 Å². The molecule has 0 saturated carbocycles. The molecular formula is C16H25N5S2. The standard InChI is InChI=1S/C16H25N5S2/c1-16(2,22-4)11-20-14(17-3)18-9-10-19-15-21-12-7-5-6-8-13(12)23-15/h5-8H,9-11H2,1-4H3,(H,19,21)(H2,17,18,20). The van der Waals surface area contributed by atoms with Gasteiger partial charge in [-0.1, -0.05) is 23.5 Å². The zero-order chi connectivity index (χ0) is 16.7. The SMILES string of the molecule is CN=C(NCCNc1nc2ccccc2s1)NCC(C)(C)SC. The summed E-state index contributed by atoms with van der Waals surface area (Å²) in [5.41, 5.74) is 1.05. The van der Waals surface area contributed by atoms with E-state index in [0.717, 1.165) is 36.2 Å². The molecule has 0 aliphatic heterocycles. The molecule has 0 radical (unpaired) electrons. The number of hydrogen-bond acceptors (Lipinski definition) is 5. The van der Waals surface area contributed by atoms with Crippen molar-refractivity contribution < 1.29 is 0 Å². The van der Waals surface area contributed by atoms with E-state index >= 15 is 0 Å². The van der Waals surface area contributed by atoms with Crippen LogP contribution in [0.1, 0.15) is 13.8 Å². The third-order valence-corrected chi connectivity index (χ3v) is 5.69. The number of hydrogen-bond donors (Lipinski definition) is 3. The lowest BCUT2D eigenvalue weighted by atomic mass is 10.2. The van der Waals surface area contributed by atoms with Crippen molar-refractivity contribution in [1.82, 2.24) is 15.6 Å². The molecule has 1 aromatic carbocycles. The fourth-order valence-corrected chi connectivity index (χ4v) is 3.00. The number of rotatable bonds is 7. The van der Waals surface area contributed by atoms with Gasteiger partial charge in [0.1, 0.15) is 0 Å². The highest BCUT2D eigenvalue weighted by atomic mass is 32.2. The molecule has 7 heteroatoms. The molecule has 0 aliphatic carbocycles. The number of benzene rings is 1. The molecule has 0 spiro atoms. The Labute approximate surface area is 146 Å². The quantitative estimate of drug-likeness (QED) is 0.407. The molecule has 0 saturated heterocycles. The van der Waals surface area contributed by atoms with Gasteiger partial charge in [0.25, 0.3) is 0 Å². The molecule has 5 nitrogen and oxygen atoms in total. The second-order valence-electron chi connectivity index (χ2n) is 5.73. The third kappa shape index (κ3) is 5.58. The van der Waals surface area contributed by atoms with E-state index in [4.69, 9.17) is 0 Å². The van der Waals surface area contributed by atoms with Gasteiger partial charge in [0.2, 0.25) is 0 Å². The van der Waals surface area contributed by atoms with Gasteiger partial charge < -0.3 is 16.0 Å². The molecule has 23 heavy (non-hydrogen) atoms. The maximum absolute atomic E-state index is 4.56.